The number of rotatable bonds is 13. The van der Waals surface area contributed by atoms with Crippen molar-refractivity contribution >= 4 is 42.6 Å². The summed E-state index contributed by atoms with van der Waals surface area (Å²) in [5.41, 5.74) is 3.60. The van der Waals surface area contributed by atoms with Gasteiger partial charge in [0.15, 0.2) is 5.13 Å². The fourth-order valence-corrected chi connectivity index (χ4v) is 6.84. The van der Waals surface area contributed by atoms with Gasteiger partial charge >= 0.3 is 0 Å². The van der Waals surface area contributed by atoms with Crippen LogP contribution in [0.3, 0.4) is 0 Å². The van der Waals surface area contributed by atoms with Crippen LogP contribution in [0.25, 0.3) is 10.2 Å². The number of likely N-dealkylation sites (N-methyl/N-ethyl adjacent to an activating group) is 1. The molecule has 202 valence electrons. The van der Waals surface area contributed by atoms with Crippen molar-refractivity contribution in [2.45, 2.75) is 58.3 Å². The smallest absolute Gasteiger partial charge is 0.260 e. The molecule has 37 heavy (non-hydrogen) atoms. The molecule has 0 aliphatic heterocycles. The molecule has 0 aliphatic rings. The quantitative estimate of drug-likeness (QED) is 0.275. The second kappa shape index (κ2) is 13.0. The second-order valence-electron chi connectivity index (χ2n) is 9.82. The number of amides is 1. The Kier molecular flexibility index (Phi) is 10.2. The van der Waals surface area contributed by atoms with Crippen molar-refractivity contribution in [3.63, 3.8) is 0 Å². The Hall–Kier alpha value is -2.33. The van der Waals surface area contributed by atoms with E-state index in [0.717, 1.165) is 47.0 Å². The highest BCUT2D eigenvalue weighted by Gasteiger charge is 2.26. The Morgan fingerprint density at radius 3 is 2.11 bits per heavy atom. The van der Waals surface area contributed by atoms with Gasteiger partial charge in [-0.3, -0.25) is 9.69 Å². The summed E-state index contributed by atoms with van der Waals surface area (Å²) in [5, 5.41) is 0.651. The minimum atomic E-state index is -3.62. The van der Waals surface area contributed by atoms with Crippen LogP contribution in [0.1, 0.15) is 61.0 Å². The fraction of sp³-hybridized carbons (Fsp3) is 0.500. The van der Waals surface area contributed by atoms with Crippen molar-refractivity contribution in [3.8, 4) is 0 Å². The minimum absolute atomic E-state index is 0.187. The first-order valence-corrected chi connectivity index (χ1v) is 15.3. The Morgan fingerprint density at radius 1 is 0.919 bits per heavy atom. The molecule has 0 saturated heterocycles. The van der Waals surface area contributed by atoms with Crippen LogP contribution in [-0.2, 0) is 10.0 Å². The predicted octanol–water partition coefficient (Wildman–Crippen LogP) is 5.71. The number of aryl methyl sites for hydroxylation is 2. The largest absolute Gasteiger partial charge is 0.308 e. The predicted molar refractivity (Wildman–Crippen MR) is 154 cm³/mol. The Balaban J connectivity index is 1.91. The molecule has 1 heterocycles. The Morgan fingerprint density at radius 2 is 1.54 bits per heavy atom. The highest BCUT2D eigenvalue weighted by molar-refractivity contribution is 7.89. The van der Waals surface area contributed by atoms with Gasteiger partial charge < -0.3 is 4.90 Å². The van der Waals surface area contributed by atoms with Gasteiger partial charge in [-0.15, -0.1) is 0 Å². The molecule has 7 nitrogen and oxygen atoms in total. The minimum Gasteiger partial charge on any atom is -0.308 e. The summed E-state index contributed by atoms with van der Waals surface area (Å²) in [7, 11) is 0.322. The third kappa shape index (κ3) is 7.16. The summed E-state index contributed by atoms with van der Waals surface area (Å²) in [4.78, 5) is 22.5. The number of nitrogens with zero attached hydrogens (tertiary/aromatic N) is 4. The topological polar surface area (TPSA) is 73.8 Å². The van der Waals surface area contributed by atoms with Crippen LogP contribution in [0.2, 0.25) is 0 Å². The number of anilines is 1. The zero-order valence-electron chi connectivity index (χ0n) is 23.0. The average Bonchev–Trinajstić information content (AvgIpc) is 3.28. The van der Waals surface area contributed by atoms with E-state index in [4.69, 9.17) is 4.98 Å². The van der Waals surface area contributed by atoms with Crippen LogP contribution < -0.4 is 4.90 Å². The van der Waals surface area contributed by atoms with Crippen LogP contribution in [-0.4, -0.2) is 68.8 Å². The molecule has 1 amide bonds. The van der Waals surface area contributed by atoms with Crippen molar-refractivity contribution in [3.05, 3.63) is 53.1 Å². The van der Waals surface area contributed by atoms with Crippen LogP contribution >= 0.6 is 11.3 Å². The number of carbonyl (C=O) groups is 1. The molecule has 0 atom stereocenters. The summed E-state index contributed by atoms with van der Waals surface area (Å²) in [6, 6.07) is 10.6. The zero-order valence-corrected chi connectivity index (χ0v) is 24.6. The second-order valence-corrected chi connectivity index (χ2v) is 12.8. The van der Waals surface area contributed by atoms with E-state index in [0.29, 0.717) is 36.9 Å². The molecule has 0 N–H and O–H groups in total. The van der Waals surface area contributed by atoms with Gasteiger partial charge in [-0.2, -0.15) is 4.31 Å². The third-order valence-electron chi connectivity index (χ3n) is 6.33. The monoisotopic (exact) mass is 544 g/mol. The molecule has 1 aromatic heterocycles. The van der Waals surface area contributed by atoms with E-state index in [2.05, 4.69) is 32.9 Å². The molecule has 0 spiro atoms. The summed E-state index contributed by atoms with van der Waals surface area (Å²) in [6.45, 7) is 10.4. The van der Waals surface area contributed by atoms with Crippen molar-refractivity contribution in [1.82, 2.24) is 14.2 Å². The van der Waals surface area contributed by atoms with Crippen LogP contribution in [0.15, 0.2) is 41.3 Å². The SMILES string of the molecule is CCCCN(CCCC)S(=O)(=O)c1ccc(C(=O)N(CCN(C)C)c2nc3c(C)cc(C)cc3s2)cc1. The van der Waals surface area contributed by atoms with E-state index in [-0.39, 0.29) is 10.8 Å². The first-order valence-electron chi connectivity index (χ1n) is 13.0. The van der Waals surface area contributed by atoms with E-state index in [1.165, 1.54) is 11.3 Å². The molecule has 0 saturated carbocycles. The summed E-state index contributed by atoms with van der Waals surface area (Å²) in [5.74, 6) is -0.187. The summed E-state index contributed by atoms with van der Waals surface area (Å²) >= 11 is 1.51. The van der Waals surface area contributed by atoms with E-state index >= 15 is 0 Å². The van der Waals surface area contributed by atoms with Crippen LogP contribution in [0, 0.1) is 13.8 Å². The highest BCUT2D eigenvalue weighted by Crippen LogP contribution is 2.32. The number of unbranched alkanes of at least 4 members (excludes halogenated alkanes) is 2. The van der Waals surface area contributed by atoms with Crippen molar-refractivity contribution in [2.75, 3.05) is 45.2 Å². The lowest BCUT2D eigenvalue weighted by Crippen LogP contribution is -2.37. The van der Waals surface area contributed by atoms with Gasteiger partial charge in [0.25, 0.3) is 5.91 Å². The normalized spacial score (nSPS) is 12.1. The molecule has 0 radical (unpaired) electrons. The first-order chi connectivity index (χ1) is 17.6. The number of thiazole rings is 1. The lowest BCUT2D eigenvalue weighted by Gasteiger charge is -2.23. The molecule has 0 bridgehead atoms. The van der Waals surface area contributed by atoms with E-state index in [1.54, 1.807) is 33.5 Å². The molecule has 3 aromatic rings. The van der Waals surface area contributed by atoms with Gasteiger partial charge in [0.2, 0.25) is 10.0 Å². The third-order valence-corrected chi connectivity index (χ3v) is 9.26. The van der Waals surface area contributed by atoms with Crippen LogP contribution in [0.4, 0.5) is 5.13 Å². The van der Waals surface area contributed by atoms with Gasteiger partial charge in [0.05, 0.1) is 15.1 Å². The van der Waals surface area contributed by atoms with Gasteiger partial charge in [0, 0.05) is 31.7 Å². The molecule has 0 unspecified atom stereocenters. The maximum atomic E-state index is 13.7. The van der Waals surface area contributed by atoms with E-state index in [9.17, 15) is 13.2 Å². The number of aromatic nitrogens is 1. The standard InChI is InChI=1S/C28H40N4O3S2/c1-7-9-15-31(16-10-8-2)37(34,35)24-13-11-23(12-14-24)27(33)32(18-17-30(5)6)28-29-26-22(4)19-21(3)20-25(26)36-28/h11-14,19-20H,7-10,15-18H2,1-6H3. The molecular weight excluding hydrogens is 504 g/mol. The molecule has 3 rings (SSSR count). The number of fused-ring (bicyclic) bond motifs is 1. The van der Waals surface area contributed by atoms with Crippen molar-refractivity contribution in [1.29, 1.82) is 0 Å². The lowest BCUT2D eigenvalue weighted by atomic mass is 10.1. The van der Waals surface area contributed by atoms with Crippen molar-refractivity contribution < 1.29 is 13.2 Å². The average molecular weight is 545 g/mol. The molecule has 0 aliphatic carbocycles. The first kappa shape index (κ1) is 29.2. The van der Waals surface area contributed by atoms with Gasteiger partial charge in [-0.05, 0) is 82.2 Å². The number of benzene rings is 2. The van der Waals surface area contributed by atoms with Gasteiger partial charge in [0.1, 0.15) is 0 Å². The van der Waals surface area contributed by atoms with Crippen LogP contribution in [0.5, 0.6) is 0 Å². The van der Waals surface area contributed by atoms with Gasteiger partial charge in [-0.1, -0.05) is 44.1 Å². The highest BCUT2D eigenvalue weighted by atomic mass is 32.2. The lowest BCUT2D eigenvalue weighted by molar-refractivity contribution is 0.0985. The number of sulfonamides is 1. The zero-order chi connectivity index (χ0) is 27.2. The summed E-state index contributed by atoms with van der Waals surface area (Å²) < 4.78 is 29.3. The Labute approximate surface area is 226 Å². The van der Waals surface area contributed by atoms with Gasteiger partial charge in [-0.25, -0.2) is 13.4 Å². The van der Waals surface area contributed by atoms with E-state index < -0.39 is 10.0 Å². The van der Waals surface area contributed by atoms with E-state index in [1.807, 2.05) is 25.9 Å². The molecule has 9 heteroatoms. The summed E-state index contributed by atoms with van der Waals surface area (Å²) in [6.07, 6.45) is 3.50. The fourth-order valence-electron chi connectivity index (χ4n) is 4.15. The molecule has 2 aromatic carbocycles. The Bertz CT molecular complexity index is 1290. The maximum Gasteiger partial charge on any atom is 0.260 e. The number of carbonyl (C=O) groups excluding carboxylic acids is 1. The number of hydrogen-bond donors (Lipinski definition) is 0. The number of hydrogen-bond acceptors (Lipinski definition) is 6. The maximum absolute atomic E-state index is 13.7. The van der Waals surface area contributed by atoms with Crippen molar-refractivity contribution in [2.24, 2.45) is 0 Å². The molecule has 0 fully saturated rings. The molecular formula is C28H40N4O3S2.